The predicted molar refractivity (Wildman–Crippen MR) is 77.3 cm³/mol. The quantitative estimate of drug-likeness (QED) is 0.869. The topological polar surface area (TPSA) is 47.0 Å². The van der Waals surface area contributed by atoms with Gasteiger partial charge in [-0.05, 0) is 35.4 Å². The first kappa shape index (κ1) is 13.8. The maximum absolute atomic E-state index is 11.9. The van der Waals surface area contributed by atoms with Gasteiger partial charge in [-0.15, -0.1) is 0 Å². The molecule has 0 aliphatic heterocycles. The lowest BCUT2D eigenvalue weighted by atomic mass is 10.2. The van der Waals surface area contributed by atoms with Crippen LogP contribution in [0, 0.1) is 0 Å². The third-order valence-corrected chi connectivity index (χ3v) is 3.97. The van der Waals surface area contributed by atoms with Crippen molar-refractivity contribution in [1.29, 1.82) is 0 Å². The van der Waals surface area contributed by atoms with E-state index in [9.17, 15) is 8.42 Å². The number of hydrogen-bond acceptors (Lipinski definition) is 3. The molecule has 2 aromatic rings. The van der Waals surface area contributed by atoms with Crippen molar-refractivity contribution in [1.82, 2.24) is 4.98 Å². The predicted octanol–water partition coefficient (Wildman–Crippen LogP) is 3.32. The number of halogens is 1. The van der Waals surface area contributed by atoms with Crippen LogP contribution in [0.3, 0.4) is 0 Å². The van der Waals surface area contributed by atoms with Crippen molar-refractivity contribution < 1.29 is 8.42 Å². The smallest absolute Gasteiger partial charge is 0.175 e. The van der Waals surface area contributed by atoms with E-state index in [0.717, 1.165) is 5.56 Å². The van der Waals surface area contributed by atoms with E-state index < -0.39 is 9.84 Å². The Morgan fingerprint density at radius 2 is 1.89 bits per heavy atom. The van der Waals surface area contributed by atoms with E-state index in [-0.39, 0.29) is 5.75 Å². The molecule has 0 unspecified atom stereocenters. The number of pyridine rings is 1. The first-order valence-electron chi connectivity index (χ1n) is 5.60. The minimum Gasteiger partial charge on any atom is -0.264 e. The molecule has 5 heteroatoms. The molecule has 0 saturated carbocycles. The Bertz CT molecular complexity index is 664. The molecule has 0 spiro atoms. The van der Waals surface area contributed by atoms with Gasteiger partial charge in [0.15, 0.2) is 9.84 Å². The lowest BCUT2D eigenvalue weighted by Crippen LogP contribution is -1.99. The number of sulfone groups is 1. The Morgan fingerprint density at radius 1 is 1.16 bits per heavy atom. The van der Waals surface area contributed by atoms with Crippen LogP contribution in [0.25, 0.3) is 6.08 Å². The van der Waals surface area contributed by atoms with Crippen molar-refractivity contribution in [2.45, 2.75) is 5.75 Å². The molecular weight excluding hydrogens is 282 g/mol. The summed E-state index contributed by atoms with van der Waals surface area (Å²) in [5.41, 5.74) is 1.46. The Hall–Kier alpha value is -1.65. The summed E-state index contributed by atoms with van der Waals surface area (Å²) in [6.07, 6.45) is 4.78. The van der Waals surface area contributed by atoms with E-state index >= 15 is 0 Å². The van der Waals surface area contributed by atoms with Crippen molar-refractivity contribution >= 4 is 27.5 Å². The number of benzene rings is 1. The van der Waals surface area contributed by atoms with Gasteiger partial charge in [0.1, 0.15) is 0 Å². The fourth-order valence-electron chi connectivity index (χ4n) is 1.52. The van der Waals surface area contributed by atoms with Gasteiger partial charge in [-0.25, -0.2) is 8.42 Å². The van der Waals surface area contributed by atoms with Crippen LogP contribution in [0.1, 0.15) is 11.1 Å². The highest BCUT2D eigenvalue weighted by atomic mass is 35.5. The second kappa shape index (κ2) is 5.99. The van der Waals surface area contributed by atoms with E-state index in [1.165, 1.54) is 11.5 Å². The molecule has 0 atom stereocenters. The number of aromatic nitrogens is 1. The van der Waals surface area contributed by atoms with E-state index in [2.05, 4.69) is 4.98 Å². The summed E-state index contributed by atoms with van der Waals surface area (Å²) in [4.78, 5) is 3.92. The Balaban J connectivity index is 2.11. The van der Waals surface area contributed by atoms with Crippen LogP contribution >= 0.6 is 11.6 Å². The molecule has 1 aromatic carbocycles. The number of rotatable bonds is 4. The lowest BCUT2D eigenvalue weighted by Gasteiger charge is -2.00. The molecule has 0 radical (unpaired) electrons. The van der Waals surface area contributed by atoms with Gasteiger partial charge in [0.2, 0.25) is 0 Å². The molecular formula is C14H12ClNO2S. The zero-order valence-corrected chi connectivity index (χ0v) is 11.6. The molecule has 3 nitrogen and oxygen atoms in total. The molecule has 0 aliphatic carbocycles. The summed E-state index contributed by atoms with van der Waals surface area (Å²) >= 11 is 5.75. The molecule has 1 heterocycles. The van der Waals surface area contributed by atoms with Crippen molar-refractivity contribution in [3.8, 4) is 0 Å². The van der Waals surface area contributed by atoms with Crippen molar-refractivity contribution in [2.75, 3.05) is 0 Å². The molecule has 0 aliphatic rings. The second-order valence-electron chi connectivity index (χ2n) is 4.02. The van der Waals surface area contributed by atoms with Gasteiger partial charge in [-0.2, -0.15) is 0 Å². The maximum atomic E-state index is 11.9. The number of hydrogen-bond donors (Lipinski definition) is 0. The normalized spacial score (nSPS) is 11.8. The van der Waals surface area contributed by atoms with Gasteiger partial charge in [0, 0.05) is 22.8 Å². The standard InChI is InChI=1S/C14H12ClNO2S/c15-14-5-3-13(4-6-14)11-19(17,18)9-7-12-2-1-8-16-10-12/h1-10H,11H2. The summed E-state index contributed by atoms with van der Waals surface area (Å²) in [7, 11) is -3.30. The van der Waals surface area contributed by atoms with Crippen LogP contribution in [0.15, 0.2) is 54.2 Å². The fraction of sp³-hybridized carbons (Fsp3) is 0.0714. The van der Waals surface area contributed by atoms with Crippen molar-refractivity contribution in [3.05, 3.63) is 70.3 Å². The summed E-state index contributed by atoms with van der Waals surface area (Å²) < 4.78 is 23.8. The highest BCUT2D eigenvalue weighted by Gasteiger charge is 2.07. The van der Waals surface area contributed by atoms with Crippen molar-refractivity contribution in [2.24, 2.45) is 0 Å². The monoisotopic (exact) mass is 293 g/mol. The van der Waals surface area contributed by atoms with E-state index in [1.807, 2.05) is 0 Å². The third-order valence-electron chi connectivity index (χ3n) is 2.43. The highest BCUT2D eigenvalue weighted by Crippen LogP contribution is 2.13. The molecule has 0 N–H and O–H groups in total. The van der Waals surface area contributed by atoms with Crippen LogP contribution in [0.4, 0.5) is 0 Å². The molecule has 0 amide bonds. The summed E-state index contributed by atoms with van der Waals surface area (Å²) in [6.45, 7) is 0. The van der Waals surface area contributed by atoms with Crippen LogP contribution in [0.5, 0.6) is 0 Å². The second-order valence-corrected chi connectivity index (χ2v) is 6.35. The molecule has 2 rings (SSSR count). The van der Waals surface area contributed by atoms with Crippen LogP contribution < -0.4 is 0 Å². The van der Waals surface area contributed by atoms with Gasteiger partial charge >= 0.3 is 0 Å². The van der Waals surface area contributed by atoms with Gasteiger partial charge in [-0.3, -0.25) is 4.98 Å². The average molecular weight is 294 g/mol. The van der Waals surface area contributed by atoms with Gasteiger partial charge in [0.25, 0.3) is 0 Å². The summed E-state index contributed by atoms with van der Waals surface area (Å²) in [5, 5.41) is 1.80. The summed E-state index contributed by atoms with van der Waals surface area (Å²) in [6, 6.07) is 10.3. The third kappa shape index (κ3) is 4.50. The van der Waals surface area contributed by atoms with E-state index in [0.29, 0.717) is 10.6 Å². The molecule has 0 bridgehead atoms. The van der Waals surface area contributed by atoms with Crippen LogP contribution in [-0.2, 0) is 15.6 Å². The largest absolute Gasteiger partial charge is 0.264 e. The maximum Gasteiger partial charge on any atom is 0.175 e. The lowest BCUT2D eigenvalue weighted by molar-refractivity contribution is 0.604. The van der Waals surface area contributed by atoms with Gasteiger partial charge in [0.05, 0.1) is 5.75 Å². The molecule has 1 aromatic heterocycles. The van der Waals surface area contributed by atoms with Gasteiger partial charge in [-0.1, -0.05) is 29.8 Å². The van der Waals surface area contributed by atoms with E-state index in [1.54, 1.807) is 48.8 Å². The highest BCUT2D eigenvalue weighted by molar-refractivity contribution is 7.93. The minimum absolute atomic E-state index is 0.0407. The Kier molecular flexibility index (Phi) is 4.35. The minimum atomic E-state index is -3.30. The van der Waals surface area contributed by atoms with E-state index in [4.69, 9.17) is 11.6 Å². The zero-order valence-electron chi connectivity index (χ0n) is 10.0. The van der Waals surface area contributed by atoms with Gasteiger partial charge < -0.3 is 0 Å². The zero-order chi connectivity index (χ0) is 13.7. The SMILES string of the molecule is O=S(=O)(C=Cc1cccnc1)Cc1ccc(Cl)cc1. The molecule has 19 heavy (non-hydrogen) atoms. The van der Waals surface area contributed by atoms with Crippen LogP contribution in [-0.4, -0.2) is 13.4 Å². The Morgan fingerprint density at radius 3 is 2.53 bits per heavy atom. The number of nitrogens with zero attached hydrogens (tertiary/aromatic N) is 1. The summed E-state index contributed by atoms with van der Waals surface area (Å²) in [5.74, 6) is -0.0407. The fourth-order valence-corrected chi connectivity index (χ4v) is 2.76. The van der Waals surface area contributed by atoms with Crippen LogP contribution in [0.2, 0.25) is 5.02 Å². The molecule has 0 saturated heterocycles. The first-order valence-corrected chi connectivity index (χ1v) is 7.70. The molecule has 98 valence electrons. The first-order chi connectivity index (χ1) is 9.05. The molecule has 0 fully saturated rings. The van der Waals surface area contributed by atoms with Crippen molar-refractivity contribution in [3.63, 3.8) is 0 Å². The Labute approximate surface area is 117 Å². The average Bonchev–Trinajstić information content (AvgIpc) is 2.40.